The third kappa shape index (κ3) is 2.28. The van der Waals surface area contributed by atoms with E-state index >= 15 is 0 Å². The zero-order chi connectivity index (χ0) is 13.3. The Bertz CT molecular complexity index is 311. The average molecular weight is 254 g/mol. The summed E-state index contributed by atoms with van der Waals surface area (Å²) >= 11 is 0. The van der Waals surface area contributed by atoms with Gasteiger partial charge in [0.25, 0.3) is 0 Å². The van der Waals surface area contributed by atoms with E-state index in [0.717, 1.165) is 32.5 Å². The van der Waals surface area contributed by atoms with Crippen molar-refractivity contribution in [1.29, 1.82) is 0 Å². The molecule has 1 N–H and O–H groups in total. The summed E-state index contributed by atoms with van der Waals surface area (Å²) in [7, 11) is 1.95. The van der Waals surface area contributed by atoms with Crippen LogP contribution in [0.15, 0.2) is 0 Å². The number of nitrogens with zero attached hydrogens (tertiary/aromatic N) is 1. The molecule has 4 heteroatoms. The molecule has 2 aliphatic rings. The van der Waals surface area contributed by atoms with E-state index in [4.69, 9.17) is 4.74 Å². The number of nitrogens with one attached hydrogen (secondary N) is 1. The van der Waals surface area contributed by atoms with Crippen LogP contribution in [0.2, 0.25) is 0 Å². The lowest BCUT2D eigenvalue weighted by Gasteiger charge is -2.55. The number of amides is 1. The molecular formula is C14H26N2O2. The molecule has 3 atom stereocenters. The molecule has 0 unspecified atom stereocenters. The molecule has 0 spiro atoms. The quantitative estimate of drug-likeness (QED) is 0.821. The fourth-order valence-electron chi connectivity index (χ4n) is 3.31. The number of ether oxygens (including phenoxy) is 1. The minimum atomic E-state index is 0.0758. The predicted octanol–water partition coefficient (Wildman–Crippen LogP) is 1.26. The summed E-state index contributed by atoms with van der Waals surface area (Å²) in [6.45, 7) is 9.01. The minimum absolute atomic E-state index is 0.0758. The Kier molecular flexibility index (Phi) is 3.97. The molecule has 0 radical (unpaired) electrons. The Balaban J connectivity index is 1.94. The molecule has 0 aromatic heterocycles. The summed E-state index contributed by atoms with van der Waals surface area (Å²) in [4.78, 5) is 14.3. The van der Waals surface area contributed by atoms with Crippen LogP contribution >= 0.6 is 0 Å². The third-order valence-electron chi connectivity index (χ3n) is 4.72. The van der Waals surface area contributed by atoms with E-state index in [-0.39, 0.29) is 11.3 Å². The normalized spacial score (nSPS) is 34.1. The molecule has 1 aliphatic carbocycles. The summed E-state index contributed by atoms with van der Waals surface area (Å²) < 4.78 is 5.73. The van der Waals surface area contributed by atoms with Gasteiger partial charge < -0.3 is 15.0 Å². The van der Waals surface area contributed by atoms with Crippen molar-refractivity contribution in [3.63, 3.8) is 0 Å². The molecule has 104 valence electrons. The molecule has 1 saturated heterocycles. The number of rotatable bonds is 4. The maximum atomic E-state index is 12.4. The molecule has 0 aromatic carbocycles. The summed E-state index contributed by atoms with van der Waals surface area (Å²) in [6, 6.07) is 0.321. The van der Waals surface area contributed by atoms with Crippen LogP contribution in [0.5, 0.6) is 0 Å². The zero-order valence-electron chi connectivity index (χ0n) is 12.0. The van der Waals surface area contributed by atoms with Crippen LogP contribution in [0.4, 0.5) is 0 Å². The SMILES string of the molecule is CCO[C@@H]1C[C@H](N(C)C(=O)[C@@H]2CCNC2)C1(C)C. The van der Waals surface area contributed by atoms with Gasteiger partial charge in [0.05, 0.1) is 12.0 Å². The maximum absolute atomic E-state index is 12.4. The van der Waals surface area contributed by atoms with Crippen molar-refractivity contribution in [2.75, 3.05) is 26.7 Å². The highest BCUT2D eigenvalue weighted by Crippen LogP contribution is 2.45. The molecular weight excluding hydrogens is 228 g/mol. The van der Waals surface area contributed by atoms with Gasteiger partial charge in [-0.25, -0.2) is 0 Å². The molecule has 4 nitrogen and oxygen atoms in total. The predicted molar refractivity (Wildman–Crippen MR) is 71.3 cm³/mol. The van der Waals surface area contributed by atoms with Crippen molar-refractivity contribution >= 4 is 5.91 Å². The van der Waals surface area contributed by atoms with Gasteiger partial charge in [-0.1, -0.05) is 13.8 Å². The van der Waals surface area contributed by atoms with Crippen molar-refractivity contribution in [3.05, 3.63) is 0 Å². The van der Waals surface area contributed by atoms with Gasteiger partial charge in [-0.3, -0.25) is 4.79 Å². The molecule has 0 aromatic rings. The first-order valence-electron chi connectivity index (χ1n) is 7.07. The summed E-state index contributed by atoms with van der Waals surface area (Å²) in [6.07, 6.45) is 2.25. The van der Waals surface area contributed by atoms with Crippen molar-refractivity contribution in [1.82, 2.24) is 10.2 Å². The van der Waals surface area contributed by atoms with Gasteiger partial charge in [-0.05, 0) is 26.3 Å². The monoisotopic (exact) mass is 254 g/mol. The second-order valence-corrected chi connectivity index (χ2v) is 6.16. The molecule has 1 heterocycles. The highest BCUT2D eigenvalue weighted by molar-refractivity contribution is 5.79. The van der Waals surface area contributed by atoms with Gasteiger partial charge in [-0.15, -0.1) is 0 Å². The third-order valence-corrected chi connectivity index (χ3v) is 4.72. The first-order chi connectivity index (χ1) is 8.48. The van der Waals surface area contributed by atoms with Gasteiger partial charge in [0.1, 0.15) is 0 Å². The number of carbonyl (C=O) groups excluding carboxylic acids is 1. The first kappa shape index (κ1) is 13.8. The van der Waals surface area contributed by atoms with Crippen LogP contribution in [0.1, 0.15) is 33.6 Å². The maximum Gasteiger partial charge on any atom is 0.227 e. The van der Waals surface area contributed by atoms with Crippen LogP contribution in [0.25, 0.3) is 0 Å². The smallest absolute Gasteiger partial charge is 0.227 e. The lowest BCUT2D eigenvalue weighted by Crippen LogP contribution is -2.63. The molecule has 2 fully saturated rings. The number of hydrogen-bond acceptors (Lipinski definition) is 3. The largest absolute Gasteiger partial charge is 0.378 e. The molecule has 1 amide bonds. The molecule has 1 aliphatic heterocycles. The Hall–Kier alpha value is -0.610. The highest BCUT2D eigenvalue weighted by Gasteiger charge is 2.52. The van der Waals surface area contributed by atoms with Crippen LogP contribution in [0, 0.1) is 11.3 Å². The lowest BCUT2D eigenvalue weighted by atomic mass is 9.63. The molecule has 18 heavy (non-hydrogen) atoms. The first-order valence-corrected chi connectivity index (χ1v) is 7.07. The van der Waals surface area contributed by atoms with E-state index in [1.54, 1.807) is 0 Å². The second kappa shape index (κ2) is 5.17. The fourth-order valence-corrected chi connectivity index (χ4v) is 3.31. The van der Waals surface area contributed by atoms with E-state index in [1.165, 1.54) is 0 Å². The molecule has 0 bridgehead atoms. The Labute approximate surface area is 110 Å². The van der Waals surface area contributed by atoms with E-state index in [9.17, 15) is 4.79 Å². The van der Waals surface area contributed by atoms with Crippen LogP contribution in [0.3, 0.4) is 0 Å². The summed E-state index contributed by atoms with van der Waals surface area (Å²) in [5.41, 5.74) is 0.0758. The number of hydrogen-bond donors (Lipinski definition) is 1. The fraction of sp³-hybridized carbons (Fsp3) is 0.929. The summed E-state index contributed by atoms with van der Waals surface area (Å²) in [5.74, 6) is 0.477. The number of carbonyl (C=O) groups is 1. The Morgan fingerprint density at radius 2 is 2.22 bits per heavy atom. The Morgan fingerprint density at radius 3 is 2.72 bits per heavy atom. The van der Waals surface area contributed by atoms with E-state index in [0.29, 0.717) is 18.1 Å². The van der Waals surface area contributed by atoms with Crippen LogP contribution in [-0.2, 0) is 9.53 Å². The molecule has 1 saturated carbocycles. The highest BCUT2D eigenvalue weighted by atomic mass is 16.5. The van der Waals surface area contributed by atoms with Crippen LogP contribution in [-0.4, -0.2) is 49.7 Å². The zero-order valence-corrected chi connectivity index (χ0v) is 12.0. The van der Waals surface area contributed by atoms with Gasteiger partial charge in [0.2, 0.25) is 5.91 Å². The topological polar surface area (TPSA) is 41.6 Å². The van der Waals surface area contributed by atoms with E-state index in [1.807, 2.05) is 18.9 Å². The molecule has 2 rings (SSSR count). The standard InChI is InChI=1S/C14H26N2O2/c1-5-18-12-8-11(14(12,2)3)16(4)13(17)10-6-7-15-9-10/h10-12,15H,5-9H2,1-4H3/t10-,11+,12-/m1/s1. The van der Waals surface area contributed by atoms with Gasteiger partial charge in [-0.2, -0.15) is 0 Å². The van der Waals surface area contributed by atoms with Crippen LogP contribution < -0.4 is 5.32 Å². The van der Waals surface area contributed by atoms with Gasteiger partial charge in [0.15, 0.2) is 0 Å². The van der Waals surface area contributed by atoms with Gasteiger partial charge >= 0.3 is 0 Å². The van der Waals surface area contributed by atoms with Crippen molar-refractivity contribution in [2.24, 2.45) is 11.3 Å². The summed E-state index contributed by atoms with van der Waals surface area (Å²) in [5, 5.41) is 3.26. The second-order valence-electron chi connectivity index (χ2n) is 6.16. The minimum Gasteiger partial charge on any atom is -0.378 e. The van der Waals surface area contributed by atoms with E-state index in [2.05, 4.69) is 19.2 Å². The van der Waals surface area contributed by atoms with Crippen molar-refractivity contribution in [2.45, 2.75) is 45.8 Å². The van der Waals surface area contributed by atoms with Crippen molar-refractivity contribution < 1.29 is 9.53 Å². The van der Waals surface area contributed by atoms with E-state index < -0.39 is 0 Å². The average Bonchev–Trinajstić information content (AvgIpc) is 2.86. The lowest BCUT2D eigenvalue weighted by molar-refractivity contribution is -0.165. The van der Waals surface area contributed by atoms with Crippen molar-refractivity contribution in [3.8, 4) is 0 Å². The van der Waals surface area contributed by atoms with Gasteiger partial charge in [0, 0.05) is 31.7 Å². The Morgan fingerprint density at radius 1 is 1.50 bits per heavy atom.